The maximum Gasteiger partial charge on any atom is 0.222 e. The number of carbonyl (C=O) groups excluding carboxylic acids is 1. The van der Waals surface area contributed by atoms with Crippen LogP contribution in [0.25, 0.3) is 0 Å². The van der Waals surface area contributed by atoms with Crippen molar-refractivity contribution in [2.45, 2.75) is 46.1 Å². The Morgan fingerprint density at radius 3 is 2.69 bits per heavy atom. The Hall–Kier alpha value is -0.570. The van der Waals surface area contributed by atoms with E-state index in [1.807, 2.05) is 11.9 Å². The normalized spacial score (nSPS) is 26.2. The second-order valence-electron chi connectivity index (χ2n) is 5.43. The molecule has 0 aliphatic carbocycles. The van der Waals surface area contributed by atoms with E-state index in [1.54, 1.807) is 0 Å². The van der Waals surface area contributed by atoms with Gasteiger partial charge in [0, 0.05) is 25.6 Å². The van der Waals surface area contributed by atoms with E-state index in [-0.39, 0.29) is 0 Å². The van der Waals surface area contributed by atoms with E-state index in [1.165, 1.54) is 0 Å². The van der Waals surface area contributed by atoms with Crippen LogP contribution in [0.3, 0.4) is 0 Å². The van der Waals surface area contributed by atoms with E-state index in [9.17, 15) is 4.79 Å². The van der Waals surface area contributed by atoms with Gasteiger partial charge in [-0.3, -0.25) is 4.79 Å². The fraction of sp³-hybridized carbons (Fsp3) is 0.923. The van der Waals surface area contributed by atoms with Crippen LogP contribution in [-0.4, -0.2) is 37.0 Å². The smallest absolute Gasteiger partial charge is 0.222 e. The average molecular weight is 226 g/mol. The zero-order chi connectivity index (χ0) is 12.1. The first-order valence-corrected chi connectivity index (χ1v) is 6.49. The summed E-state index contributed by atoms with van der Waals surface area (Å²) in [5.41, 5.74) is 0. The van der Waals surface area contributed by atoms with E-state index in [2.05, 4.69) is 26.1 Å². The number of likely N-dealkylation sites (tertiary alicyclic amines) is 1. The molecule has 3 nitrogen and oxygen atoms in total. The molecule has 1 rings (SSSR count). The zero-order valence-electron chi connectivity index (χ0n) is 11.1. The van der Waals surface area contributed by atoms with Gasteiger partial charge in [0.2, 0.25) is 5.91 Å². The highest BCUT2D eigenvalue weighted by molar-refractivity contribution is 5.76. The van der Waals surface area contributed by atoms with Gasteiger partial charge in [0.05, 0.1) is 0 Å². The van der Waals surface area contributed by atoms with Gasteiger partial charge in [0.25, 0.3) is 0 Å². The van der Waals surface area contributed by atoms with E-state index in [0.717, 1.165) is 25.9 Å². The molecule has 1 aliphatic rings. The van der Waals surface area contributed by atoms with Crippen molar-refractivity contribution in [1.29, 1.82) is 0 Å². The maximum atomic E-state index is 11.9. The van der Waals surface area contributed by atoms with Crippen LogP contribution in [0.2, 0.25) is 0 Å². The van der Waals surface area contributed by atoms with E-state index in [0.29, 0.717) is 30.2 Å². The van der Waals surface area contributed by atoms with Crippen molar-refractivity contribution in [3.8, 4) is 0 Å². The van der Waals surface area contributed by atoms with Crippen LogP contribution in [0.5, 0.6) is 0 Å². The molecule has 0 aromatic rings. The van der Waals surface area contributed by atoms with Crippen LogP contribution in [0.1, 0.15) is 40.0 Å². The van der Waals surface area contributed by atoms with Crippen molar-refractivity contribution in [2.24, 2.45) is 11.8 Å². The van der Waals surface area contributed by atoms with Crippen molar-refractivity contribution in [3.63, 3.8) is 0 Å². The second-order valence-corrected chi connectivity index (χ2v) is 5.43. The van der Waals surface area contributed by atoms with Gasteiger partial charge in [-0.2, -0.15) is 0 Å². The number of piperidine rings is 1. The van der Waals surface area contributed by atoms with Crippen LogP contribution < -0.4 is 5.32 Å². The van der Waals surface area contributed by atoms with E-state index < -0.39 is 0 Å². The maximum absolute atomic E-state index is 11.9. The molecule has 3 heteroatoms. The Labute approximate surface area is 99.6 Å². The lowest BCUT2D eigenvalue weighted by Crippen LogP contribution is -2.49. The quantitative estimate of drug-likeness (QED) is 0.794. The molecule has 1 heterocycles. The fourth-order valence-corrected chi connectivity index (χ4v) is 2.37. The van der Waals surface area contributed by atoms with Crippen LogP contribution >= 0.6 is 0 Å². The summed E-state index contributed by atoms with van der Waals surface area (Å²) >= 11 is 0. The van der Waals surface area contributed by atoms with Gasteiger partial charge in [-0.1, -0.05) is 20.8 Å². The van der Waals surface area contributed by atoms with Gasteiger partial charge in [0.15, 0.2) is 0 Å². The Kier molecular flexibility index (Phi) is 5.26. The largest absolute Gasteiger partial charge is 0.342 e. The molecule has 2 unspecified atom stereocenters. The molecule has 1 amide bonds. The summed E-state index contributed by atoms with van der Waals surface area (Å²) in [6.45, 7) is 8.41. The predicted molar refractivity (Wildman–Crippen MR) is 67.3 cm³/mol. The molecule has 0 aromatic carbocycles. The van der Waals surface area contributed by atoms with Crippen molar-refractivity contribution < 1.29 is 4.79 Å². The predicted octanol–water partition coefficient (Wildman–Crippen LogP) is 1.88. The number of nitrogens with one attached hydrogen (secondary N) is 1. The number of amides is 1. The monoisotopic (exact) mass is 226 g/mol. The van der Waals surface area contributed by atoms with Crippen molar-refractivity contribution >= 4 is 5.91 Å². The standard InChI is InChI=1S/C13H26N2O/c1-10(2)5-6-13(16)15-8-7-12(14-4)11(3)9-15/h10-12,14H,5-9H2,1-4H3. The average Bonchev–Trinajstić information content (AvgIpc) is 2.25. The van der Waals surface area contributed by atoms with Crippen LogP contribution in [-0.2, 0) is 4.79 Å². The summed E-state index contributed by atoms with van der Waals surface area (Å²) in [4.78, 5) is 14.0. The van der Waals surface area contributed by atoms with Gasteiger partial charge >= 0.3 is 0 Å². The summed E-state index contributed by atoms with van der Waals surface area (Å²) in [5.74, 6) is 1.54. The summed E-state index contributed by atoms with van der Waals surface area (Å²) in [5, 5.41) is 3.33. The minimum Gasteiger partial charge on any atom is -0.342 e. The minimum atomic E-state index is 0.343. The first-order chi connectivity index (χ1) is 7.54. The fourth-order valence-electron chi connectivity index (χ4n) is 2.37. The first kappa shape index (κ1) is 13.5. The van der Waals surface area contributed by atoms with E-state index >= 15 is 0 Å². The highest BCUT2D eigenvalue weighted by Crippen LogP contribution is 2.18. The molecule has 1 fully saturated rings. The van der Waals surface area contributed by atoms with Crippen LogP contribution in [0, 0.1) is 11.8 Å². The third kappa shape index (κ3) is 3.78. The van der Waals surface area contributed by atoms with Gasteiger partial charge in [0.1, 0.15) is 0 Å². The Bertz CT molecular complexity index is 228. The highest BCUT2D eigenvalue weighted by Gasteiger charge is 2.27. The Morgan fingerprint density at radius 2 is 2.19 bits per heavy atom. The summed E-state index contributed by atoms with van der Waals surface area (Å²) in [6.07, 6.45) is 2.82. The number of rotatable bonds is 4. The van der Waals surface area contributed by atoms with E-state index in [4.69, 9.17) is 0 Å². The molecule has 0 bridgehead atoms. The molecule has 0 aromatic heterocycles. The number of hydrogen-bond acceptors (Lipinski definition) is 2. The first-order valence-electron chi connectivity index (χ1n) is 6.49. The molecule has 1 aliphatic heterocycles. The van der Waals surface area contributed by atoms with Crippen molar-refractivity contribution in [1.82, 2.24) is 10.2 Å². The second kappa shape index (κ2) is 6.24. The van der Waals surface area contributed by atoms with Gasteiger partial charge in [-0.05, 0) is 31.7 Å². The van der Waals surface area contributed by atoms with Gasteiger partial charge < -0.3 is 10.2 Å². The molecular formula is C13H26N2O. The molecule has 1 N–H and O–H groups in total. The number of nitrogens with zero attached hydrogens (tertiary/aromatic N) is 1. The minimum absolute atomic E-state index is 0.343. The van der Waals surface area contributed by atoms with Crippen molar-refractivity contribution in [2.75, 3.05) is 20.1 Å². The molecule has 16 heavy (non-hydrogen) atoms. The molecule has 2 atom stereocenters. The van der Waals surface area contributed by atoms with Gasteiger partial charge in [-0.15, -0.1) is 0 Å². The zero-order valence-corrected chi connectivity index (χ0v) is 11.1. The molecular weight excluding hydrogens is 200 g/mol. The summed E-state index contributed by atoms with van der Waals surface area (Å²) < 4.78 is 0. The lowest BCUT2D eigenvalue weighted by molar-refractivity contribution is -0.133. The third-order valence-corrected chi connectivity index (χ3v) is 3.56. The Morgan fingerprint density at radius 1 is 1.50 bits per heavy atom. The molecule has 0 spiro atoms. The number of hydrogen-bond donors (Lipinski definition) is 1. The summed E-state index contributed by atoms with van der Waals surface area (Å²) in [6, 6.07) is 0.578. The molecule has 0 saturated carbocycles. The topological polar surface area (TPSA) is 32.3 Å². The van der Waals surface area contributed by atoms with Gasteiger partial charge in [-0.25, -0.2) is 0 Å². The molecule has 94 valence electrons. The lowest BCUT2D eigenvalue weighted by atomic mass is 9.93. The van der Waals surface area contributed by atoms with Crippen LogP contribution in [0.4, 0.5) is 0 Å². The van der Waals surface area contributed by atoms with Crippen molar-refractivity contribution in [3.05, 3.63) is 0 Å². The summed E-state index contributed by atoms with van der Waals surface area (Å²) in [7, 11) is 2.01. The SMILES string of the molecule is CNC1CCN(C(=O)CCC(C)C)CC1C. The Balaban J connectivity index is 2.36. The third-order valence-electron chi connectivity index (χ3n) is 3.56. The highest BCUT2D eigenvalue weighted by atomic mass is 16.2. The molecule has 1 saturated heterocycles. The lowest BCUT2D eigenvalue weighted by Gasteiger charge is -2.37. The number of carbonyl (C=O) groups is 1. The molecule has 0 radical (unpaired) electrons. The van der Waals surface area contributed by atoms with Crippen LogP contribution in [0.15, 0.2) is 0 Å².